The van der Waals surface area contributed by atoms with E-state index in [2.05, 4.69) is 0 Å². The third kappa shape index (κ3) is 5.00. The van der Waals surface area contributed by atoms with Crippen LogP contribution in [0.5, 0.6) is 11.5 Å². The molecule has 1 aromatic rings. The largest absolute Gasteiger partial charge is 0.508 e. The molecular weight excluding hydrogens is 301 g/mol. The molecule has 0 aliphatic rings. The monoisotopic (exact) mass is 319 g/mol. The summed E-state index contributed by atoms with van der Waals surface area (Å²) in [5, 5.41) is 20.3. The molecule has 0 saturated heterocycles. The van der Waals surface area contributed by atoms with Gasteiger partial charge in [-0.3, -0.25) is 19.2 Å². The lowest BCUT2D eigenvalue weighted by molar-refractivity contribution is -0.386. The summed E-state index contributed by atoms with van der Waals surface area (Å²) >= 11 is 0. The maximum Gasteiger partial charge on any atom is 0.333 e. The predicted octanol–water partition coefficient (Wildman–Crippen LogP) is 3.29. The van der Waals surface area contributed by atoms with E-state index in [1.165, 1.54) is 13.0 Å². The minimum absolute atomic E-state index is 0.149. The summed E-state index contributed by atoms with van der Waals surface area (Å²) in [5.74, 6) is -0.363. The van der Waals surface area contributed by atoms with Crippen LogP contribution in [-0.4, -0.2) is 29.1 Å². The number of nitrogens with zero attached hydrogens (tertiary/aromatic N) is 1. The Kier molecular flexibility index (Phi) is 6.14. The fourth-order valence-corrected chi connectivity index (χ4v) is 2.85. The molecule has 9 heteroatoms. The van der Waals surface area contributed by atoms with Crippen LogP contribution >= 0.6 is 7.60 Å². The molecule has 2 atom stereocenters. The zero-order chi connectivity index (χ0) is 16.0. The van der Waals surface area contributed by atoms with Gasteiger partial charge in [0.2, 0.25) is 12.0 Å². The fraction of sp³-hybridized carbons (Fsp3) is 0.500. The molecule has 21 heavy (non-hydrogen) atoms. The third-order valence-corrected chi connectivity index (χ3v) is 4.50. The van der Waals surface area contributed by atoms with Gasteiger partial charge in [-0.2, -0.15) is 0 Å². The van der Waals surface area contributed by atoms with Crippen molar-refractivity contribution in [3.8, 4) is 11.5 Å². The summed E-state index contributed by atoms with van der Waals surface area (Å²) in [4.78, 5) is 10.2. The fourth-order valence-electron chi connectivity index (χ4n) is 1.57. The highest BCUT2D eigenvalue weighted by Gasteiger charge is 2.27. The van der Waals surface area contributed by atoms with Crippen molar-refractivity contribution >= 4 is 13.3 Å². The highest BCUT2D eigenvalue weighted by atomic mass is 31.2. The van der Waals surface area contributed by atoms with Gasteiger partial charge < -0.3 is 14.4 Å². The number of aromatic hydroxyl groups is 1. The normalized spacial score (nSPS) is 15.2. The molecule has 8 nitrogen and oxygen atoms in total. The first-order valence-electron chi connectivity index (χ1n) is 6.37. The summed E-state index contributed by atoms with van der Waals surface area (Å²) in [6.45, 7) is 4.97. The first-order valence-corrected chi connectivity index (χ1v) is 8.10. The maximum absolute atomic E-state index is 12.2. The van der Waals surface area contributed by atoms with Crippen molar-refractivity contribution < 1.29 is 28.4 Å². The summed E-state index contributed by atoms with van der Waals surface area (Å²) in [5.41, 5.74) is -0.328. The van der Waals surface area contributed by atoms with E-state index in [0.717, 1.165) is 12.1 Å². The smallest absolute Gasteiger partial charge is 0.333 e. The Bertz CT molecular complexity index is 548. The number of rotatable bonds is 8. The molecule has 2 unspecified atom stereocenters. The Morgan fingerprint density at radius 2 is 2.10 bits per heavy atom. The van der Waals surface area contributed by atoms with Crippen LogP contribution in [0.1, 0.15) is 20.8 Å². The molecule has 0 amide bonds. The lowest BCUT2D eigenvalue weighted by Crippen LogP contribution is -2.17. The molecule has 0 saturated carbocycles. The number of benzene rings is 1. The highest BCUT2D eigenvalue weighted by molar-refractivity contribution is 7.53. The minimum atomic E-state index is -3.30. The zero-order valence-corrected chi connectivity index (χ0v) is 12.9. The van der Waals surface area contributed by atoms with E-state index < -0.39 is 18.8 Å². The van der Waals surface area contributed by atoms with Crippen LogP contribution in [-0.2, 0) is 13.6 Å². The minimum Gasteiger partial charge on any atom is -0.508 e. The number of phenols is 1. The number of hydrogen-bond acceptors (Lipinski definition) is 7. The summed E-state index contributed by atoms with van der Waals surface area (Å²) < 4.78 is 27.7. The second-order valence-electron chi connectivity index (χ2n) is 4.04. The number of phenolic OH excluding ortho intramolecular Hbond substituents is 1. The van der Waals surface area contributed by atoms with E-state index in [4.69, 9.17) is 13.8 Å². The van der Waals surface area contributed by atoms with Gasteiger partial charge in [-0.15, -0.1) is 0 Å². The van der Waals surface area contributed by atoms with Crippen molar-refractivity contribution in [1.82, 2.24) is 0 Å². The second kappa shape index (κ2) is 7.40. The molecule has 0 radical (unpaired) electrons. The van der Waals surface area contributed by atoms with E-state index >= 15 is 0 Å². The number of nitro groups is 1. The van der Waals surface area contributed by atoms with Gasteiger partial charge in [0.25, 0.3) is 0 Å². The molecule has 118 valence electrons. The van der Waals surface area contributed by atoms with Crippen LogP contribution < -0.4 is 4.74 Å². The number of nitro benzene ring substituents is 1. The third-order valence-electron chi connectivity index (χ3n) is 2.46. The predicted molar refractivity (Wildman–Crippen MR) is 75.7 cm³/mol. The molecule has 0 spiro atoms. The van der Waals surface area contributed by atoms with Crippen LogP contribution in [0.15, 0.2) is 18.2 Å². The Morgan fingerprint density at radius 1 is 1.43 bits per heavy atom. The van der Waals surface area contributed by atoms with Crippen molar-refractivity contribution in [2.75, 3.05) is 12.8 Å². The van der Waals surface area contributed by atoms with E-state index in [9.17, 15) is 19.8 Å². The Labute approximate surface area is 122 Å². The topological polar surface area (TPSA) is 108 Å². The number of ether oxygens (including phenoxy) is 1. The lowest BCUT2D eigenvalue weighted by Gasteiger charge is -2.21. The van der Waals surface area contributed by atoms with Crippen LogP contribution in [0.25, 0.3) is 0 Å². The molecule has 1 N–H and O–H groups in total. The maximum atomic E-state index is 12.2. The molecule has 0 bridgehead atoms. The standard InChI is InChI=1S/C12H18NO7P/c1-4-18-21(17,5-2)20-9(3)19-12-8-10(14)6-7-11(12)13(15)16/h6-9,14H,4-5H2,1-3H3. The average Bonchev–Trinajstić information content (AvgIpc) is 2.38. The number of hydrogen-bond donors (Lipinski definition) is 1. The second-order valence-corrected chi connectivity index (χ2v) is 6.37. The quantitative estimate of drug-likeness (QED) is 0.339. The summed E-state index contributed by atoms with van der Waals surface area (Å²) in [6, 6.07) is 3.38. The van der Waals surface area contributed by atoms with Crippen molar-refractivity contribution in [3.63, 3.8) is 0 Å². The molecule has 0 heterocycles. The summed E-state index contributed by atoms with van der Waals surface area (Å²) in [6.07, 6.45) is -0.890. The SMILES string of the molecule is CCOP(=O)(CC)OC(C)Oc1cc(O)ccc1[N+](=O)[O-]. The zero-order valence-electron chi connectivity index (χ0n) is 12.0. The lowest BCUT2D eigenvalue weighted by atomic mass is 10.3. The van der Waals surface area contributed by atoms with Gasteiger partial charge in [-0.1, -0.05) is 6.92 Å². The molecule has 0 aliphatic heterocycles. The molecule has 1 aromatic carbocycles. The van der Waals surface area contributed by atoms with Crippen LogP contribution in [0.3, 0.4) is 0 Å². The van der Waals surface area contributed by atoms with Gasteiger partial charge in [0, 0.05) is 18.3 Å². The van der Waals surface area contributed by atoms with Gasteiger partial charge in [0.05, 0.1) is 11.5 Å². The van der Waals surface area contributed by atoms with Crippen molar-refractivity contribution in [1.29, 1.82) is 0 Å². The van der Waals surface area contributed by atoms with Crippen molar-refractivity contribution in [2.45, 2.75) is 27.1 Å². The average molecular weight is 319 g/mol. The van der Waals surface area contributed by atoms with Crippen LogP contribution in [0, 0.1) is 10.1 Å². The molecule has 1 rings (SSSR count). The van der Waals surface area contributed by atoms with E-state index in [-0.39, 0.29) is 30.0 Å². The first kappa shape index (κ1) is 17.4. The van der Waals surface area contributed by atoms with Gasteiger partial charge in [-0.05, 0) is 19.9 Å². The molecule has 0 fully saturated rings. The Balaban J connectivity index is 2.88. The summed E-state index contributed by atoms with van der Waals surface area (Å²) in [7, 11) is -3.30. The van der Waals surface area contributed by atoms with Crippen molar-refractivity contribution in [2.24, 2.45) is 0 Å². The van der Waals surface area contributed by atoms with Gasteiger partial charge in [0.15, 0.2) is 0 Å². The van der Waals surface area contributed by atoms with Crippen molar-refractivity contribution in [3.05, 3.63) is 28.3 Å². The molecular formula is C12H18NO7P. The van der Waals surface area contributed by atoms with E-state index in [0.29, 0.717) is 0 Å². The Hall–Kier alpha value is -1.63. The van der Waals surface area contributed by atoms with Gasteiger partial charge >= 0.3 is 13.3 Å². The van der Waals surface area contributed by atoms with Crippen LogP contribution in [0.2, 0.25) is 0 Å². The van der Waals surface area contributed by atoms with E-state index in [1.807, 2.05) is 0 Å². The van der Waals surface area contributed by atoms with Crippen LogP contribution in [0.4, 0.5) is 5.69 Å². The molecule has 0 aliphatic carbocycles. The Morgan fingerprint density at radius 3 is 2.62 bits per heavy atom. The molecule has 0 aromatic heterocycles. The van der Waals surface area contributed by atoms with Gasteiger partial charge in [0.1, 0.15) is 5.75 Å². The highest BCUT2D eigenvalue weighted by Crippen LogP contribution is 2.49. The first-order chi connectivity index (χ1) is 9.81. The van der Waals surface area contributed by atoms with Gasteiger partial charge in [-0.25, -0.2) is 0 Å². The van der Waals surface area contributed by atoms with E-state index in [1.54, 1.807) is 13.8 Å².